The zero-order valence-electron chi connectivity index (χ0n) is 12.8. The number of rotatable bonds is 5. The number of hydrogen-bond acceptors (Lipinski definition) is 3. The Kier molecular flexibility index (Phi) is 4.63. The summed E-state index contributed by atoms with van der Waals surface area (Å²) in [5, 5.41) is 0. The van der Waals surface area contributed by atoms with Gasteiger partial charge in [0.25, 0.3) is 0 Å². The molecular weight excluding hydrogens is 264 g/mol. The maximum atomic E-state index is 12.4. The third kappa shape index (κ3) is 3.85. The lowest BCUT2D eigenvalue weighted by molar-refractivity contribution is 0.0818. The fourth-order valence-electron chi connectivity index (χ4n) is 2.25. The van der Waals surface area contributed by atoms with E-state index in [4.69, 9.17) is 9.47 Å². The van der Waals surface area contributed by atoms with Gasteiger partial charge >= 0.3 is 0 Å². The second-order valence-corrected chi connectivity index (χ2v) is 5.18. The van der Waals surface area contributed by atoms with Crippen molar-refractivity contribution < 1.29 is 14.3 Å². The van der Waals surface area contributed by atoms with Gasteiger partial charge in [0.05, 0.1) is 7.11 Å². The van der Waals surface area contributed by atoms with Crippen LogP contribution in [0.3, 0.4) is 0 Å². The van der Waals surface area contributed by atoms with Gasteiger partial charge in [0.1, 0.15) is 11.5 Å². The van der Waals surface area contributed by atoms with Crippen molar-refractivity contribution in [3.8, 4) is 11.5 Å². The van der Waals surface area contributed by atoms with Crippen molar-refractivity contribution >= 4 is 5.78 Å². The lowest BCUT2D eigenvalue weighted by Gasteiger charge is -2.15. The largest absolute Gasteiger partial charge is 0.497 e. The molecule has 0 fully saturated rings. The van der Waals surface area contributed by atoms with E-state index in [-0.39, 0.29) is 5.78 Å². The standard InChI is InChI=1S/C18H20O3/c1-12-9-13(2)11-17(10-12)21-14(3)18(19)15-5-7-16(20-4)8-6-15/h5-11,14H,1-4H3. The van der Waals surface area contributed by atoms with Gasteiger partial charge in [-0.3, -0.25) is 4.79 Å². The van der Waals surface area contributed by atoms with E-state index in [9.17, 15) is 4.79 Å². The van der Waals surface area contributed by atoms with Crippen LogP contribution in [0.4, 0.5) is 0 Å². The maximum Gasteiger partial charge on any atom is 0.202 e. The van der Waals surface area contributed by atoms with Gasteiger partial charge in [0, 0.05) is 5.56 Å². The van der Waals surface area contributed by atoms with Crippen LogP contribution in [0.2, 0.25) is 0 Å². The van der Waals surface area contributed by atoms with Crippen molar-refractivity contribution in [1.82, 2.24) is 0 Å². The van der Waals surface area contributed by atoms with Crippen molar-refractivity contribution in [3.63, 3.8) is 0 Å². The topological polar surface area (TPSA) is 35.5 Å². The lowest BCUT2D eigenvalue weighted by Crippen LogP contribution is -2.23. The molecule has 0 spiro atoms. The van der Waals surface area contributed by atoms with E-state index in [0.717, 1.165) is 22.6 Å². The summed E-state index contributed by atoms with van der Waals surface area (Å²) in [5.74, 6) is 1.41. The third-order valence-electron chi connectivity index (χ3n) is 3.25. The minimum atomic E-state index is -0.528. The molecular formula is C18H20O3. The average Bonchev–Trinajstić information content (AvgIpc) is 2.45. The number of benzene rings is 2. The van der Waals surface area contributed by atoms with E-state index in [2.05, 4.69) is 6.07 Å². The summed E-state index contributed by atoms with van der Waals surface area (Å²) in [6, 6.07) is 13.0. The minimum Gasteiger partial charge on any atom is -0.497 e. The van der Waals surface area contributed by atoms with Crippen molar-refractivity contribution in [3.05, 3.63) is 59.2 Å². The zero-order chi connectivity index (χ0) is 15.4. The van der Waals surface area contributed by atoms with E-state index in [1.165, 1.54) is 0 Å². The first-order valence-corrected chi connectivity index (χ1v) is 6.93. The number of ether oxygens (including phenoxy) is 2. The average molecular weight is 284 g/mol. The van der Waals surface area contributed by atoms with Crippen LogP contribution >= 0.6 is 0 Å². The van der Waals surface area contributed by atoms with Gasteiger partial charge in [-0.2, -0.15) is 0 Å². The molecule has 1 unspecified atom stereocenters. The van der Waals surface area contributed by atoms with E-state index in [0.29, 0.717) is 5.56 Å². The number of hydrogen-bond donors (Lipinski definition) is 0. The summed E-state index contributed by atoms with van der Waals surface area (Å²) < 4.78 is 10.9. The Labute approximate surface area is 125 Å². The zero-order valence-corrected chi connectivity index (χ0v) is 12.8. The Morgan fingerprint density at radius 1 is 0.952 bits per heavy atom. The van der Waals surface area contributed by atoms with Crippen LogP contribution < -0.4 is 9.47 Å². The lowest BCUT2D eigenvalue weighted by atomic mass is 10.1. The molecule has 3 heteroatoms. The van der Waals surface area contributed by atoms with Gasteiger partial charge in [0.2, 0.25) is 5.78 Å². The molecule has 0 aliphatic rings. The van der Waals surface area contributed by atoms with Crippen molar-refractivity contribution in [2.75, 3.05) is 7.11 Å². The number of ketones is 1. The number of Topliss-reactive ketones (excluding diaryl/α,β-unsaturated/α-hetero) is 1. The molecule has 2 aromatic rings. The van der Waals surface area contributed by atoms with Gasteiger partial charge < -0.3 is 9.47 Å². The van der Waals surface area contributed by atoms with Crippen molar-refractivity contribution in [2.45, 2.75) is 26.9 Å². The molecule has 0 heterocycles. The number of aryl methyl sites for hydroxylation is 2. The summed E-state index contributed by atoms with van der Waals surface area (Å²) in [6.45, 7) is 5.79. The molecule has 0 N–H and O–H groups in total. The molecule has 0 radical (unpaired) electrons. The van der Waals surface area contributed by atoms with Crippen LogP contribution in [0.1, 0.15) is 28.4 Å². The number of carbonyl (C=O) groups excluding carboxylic acids is 1. The Morgan fingerprint density at radius 3 is 2.05 bits per heavy atom. The highest BCUT2D eigenvalue weighted by atomic mass is 16.5. The summed E-state index contributed by atoms with van der Waals surface area (Å²) in [5.41, 5.74) is 2.86. The van der Waals surface area contributed by atoms with Crippen molar-refractivity contribution in [2.24, 2.45) is 0 Å². The Morgan fingerprint density at radius 2 is 1.52 bits per heavy atom. The molecule has 1 atom stereocenters. The molecule has 3 nitrogen and oxygen atoms in total. The summed E-state index contributed by atoms with van der Waals surface area (Å²) in [4.78, 5) is 12.4. The monoisotopic (exact) mass is 284 g/mol. The van der Waals surface area contributed by atoms with Crippen LogP contribution in [0, 0.1) is 13.8 Å². The highest BCUT2D eigenvalue weighted by Crippen LogP contribution is 2.19. The molecule has 0 bridgehead atoms. The first kappa shape index (κ1) is 15.1. The molecule has 110 valence electrons. The second kappa shape index (κ2) is 6.44. The predicted molar refractivity (Wildman–Crippen MR) is 83.3 cm³/mol. The maximum absolute atomic E-state index is 12.4. The van der Waals surface area contributed by atoms with Gasteiger partial charge in [0.15, 0.2) is 6.10 Å². The SMILES string of the molecule is COc1ccc(C(=O)C(C)Oc2cc(C)cc(C)c2)cc1. The Bertz CT molecular complexity index is 609. The third-order valence-corrected chi connectivity index (χ3v) is 3.25. The molecule has 2 aromatic carbocycles. The normalized spacial score (nSPS) is 11.8. The first-order valence-electron chi connectivity index (χ1n) is 6.93. The first-order chi connectivity index (χ1) is 9.99. The fourth-order valence-corrected chi connectivity index (χ4v) is 2.25. The van der Waals surface area contributed by atoms with Gasteiger partial charge in [-0.25, -0.2) is 0 Å². The number of methoxy groups -OCH3 is 1. The van der Waals surface area contributed by atoms with E-state index < -0.39 is 6.10 Å². The van der Waals surface area contributed by atoms with Crippen LogP contribution in [0.25, 0.3) is 0 Å². The summed E-state index contributed by atoms with van der Waals surface area (Å²) in [6.07, 6.45) is -0.528. The summed E-state index contributed by atoms with van der Waals surface area (Å²) >= 11 is 0. The molecule has 0 aliphatic carbocycles. The quantitative estimate of drug-likeness (QED) is 0.780. The molecule has 0 aromatic heterocycles. The molecule has 0 aliphatic heterocycles. The predicted octanol–water partition coefficient (Wildman–Crippen LogP) is 3.96. The highest BCUT2D eigenvalue weighted by molar-refractivity contribution is 5.99. The number of carbonyl (C=O) groups is 1. The summed E-state index contributed by atoms with van der Waals surface area (Å²) in [7, 11) is 1.60. The Hall–Kier alpha value is -2.29. The second-order valence-electron chi connectivity index (χ2n) is 5.18. The van der Waals surface area contributed by atoms with E-state index in [1.807, 2.05) is 26.0 Å². The van der Waals surface area contributed by atoms with Gasteiger partial charge in [-0.1, -0.05) is 6.07 Å². The molecule has 0 saturated heterocycles. The fraction of sp³-hybridized carbons (Fsp3) is 0.278. The van der Waals surface area contributed by atoms with Crippen LogP contribution in [0.5, 0.6) is 11.5 Å². The highest BCUT2D eigenvalue weighted by Gasteiger charge is 2.17. The van der Waals surface area contributed by atoms with Crippen molar-refractivity contribution in [1.29, 1.82) is 0 Å². The molecule has 2 rings (SSSR count). The van der Waals surface area contributed by atoms with Crippen LogP contribution in [0.15, 0.2) is 42.5 Å². The molecule has 21 heavy (non-hydrogen) atoms. The van der Waals surface area contributed by atoms with Crippen LogP contribution in [-0.4, -0.2) is 19.0 Å². The van der Waals surface area contributed by atoms with E-state index >= 15 is 0 Å². The Balaban J connectivity index is 2.11. The van der Waals surface area contributed by atoms with E-state index in [1.54, 1.807) is 38.3 Å². The minimum absolute atomic E-state index is 0.0446. The smallest absolute Gasteiger partial charge is 0.202 e. The molecule has 0 amide bonds. The molecule has 0 saturated carbocycles. The van der Waals surface area contributed by atoms with Gasteiger partial charge in [-0.15, -0.1) is 0 Å². The van der Waals surface area contributed by atoms with Crippen LogP contribution in [-0.2, 0) is 0 Å². The van der Waals surface area contributed by atoms with Gasteiger partial charge in [-0.05, 0) is 68.3 Å².